The summed E-state index contributed by atoms with van der Waals surface area (Å²) < 4.78 is 0. The van der Waals surface area contributed by atoms with Gasteiger partial charge in [-0.3, -0.25) is 4.79 Å². The van der Waals surface area contributed by atoms with Gasteiger partial charge in [-0.2, -0.15) is 0 Å². The highest BCUT2D eigenvalue weighted by Crippen LogP contribution is 2.64. The van der Waals surface area contributed by atoms with Crippen LogP contribution in [0.2, 0.25) is 0 Å². The lowest BCUT2D eigenvalue weighted by atomic mass is 9.46. The molecule has 14 atom stereocenters. The van der Waals surface area contributed by atoms with Gasteiger partial charge in [0.1, 0.15) is 5.78 Å². The number of hydrogen-bond acceptors (Lipinski definition) is 3. The molecule has 0 bridgehead atoms. The molecule has 8 fully saturated rings. The van der Waals surface area contributed by atoms with Crippen LogP contribution in [0.4, 0.5) is 0 Å². The lowest BCUT2D eigenvalue weighted by molar-refractivity contribution is -0.149. The van der Waals surface area contributed by atoms with Crippen LogP contribution in [0.15, 0.2) is 11.6 Å². The van der Waals surface area contributed by atoms with Crippen molar-refractivity contribution >= 4 is 5.78 Å². The average molecular weight is 621 g/mol. The summed E-state index contributed by atoms with van der Waals surface area (Å²) in [6.07, 6.45) is 27.3. The monoisotopic (exact) mass is 621 g/mol. The molecule has 2 N–H and O–H groups in total. The van der Waals surface area contributed by atoms with E-state index in [2.05, 4.69) is 33.8 Å². The van der Waals surface area contributed by atoms with Gasteiger partial charge in [0.05, 0.1) is 11.2 Å². The van der Waals surface area contributed by atoms with Crippen LogP contribution in [0, 0.1) is 70.0 Å². The Labute approximate surface area is 276 Å². The van der Waals surface area contributed by atoms with Crippen LogP contribution in [0.3, 0.4) is 0 Å². The smallest absolute Gasteiger partial charge is 0.139 e. The van der Waals surface area contributed by atoms with E-state index < -0.39 is 5.60 Å². The molecule has 8 rings (SSSR count). The summed E-state index contributed by atoms with van der Waals surface area (Å²) in [5.41, 5.74) is 1.51. The number of aliphatic hydroxyl groups is 2. The molecule has 0 aromatic heterocycles. The second-order valence-electron chi connectivity index (χ2n) is 19.3. The maximum atomic E-state index is 12.6. The Kier molecular flexibility index (Phi) is 8.78. The van der Waals surface area contributed by atoms with Crippen LogP contribution in [0.1, 0.15) is 163 Å². The number of rotatable bonds is 0. The number of allylic oxidation sites excluding steroid dienone is 2. The Morgan fingerprint density at radius 2 is 1.02 bits per heavy atom. The summed E-state index contributed by atoms with van der Waals surface area (Å²) in [4.78, 5) is 12.6. The zero-order valence-electron chi connectivity index (χ0n) is 29.8. The van der Waals surface area contributed by atoms with E-state index in [4.69, 9.17) is 0 Å². The van der Waals surface area contributed by atoms with Gasteiger partial charge in [-0.15, -0.1) is 0 Å². The fourth-order valence-electron chi connectivity index (χ4n) is 14.7. The minimum atomic E-state index is -0.419. The molecule has 0 saturated heterocycles. The van der Waals surface area contributed by atoms with E-state index in [1.165, 1.54) is 83.5 Å². The molecule has 254 valence electrons. The van der Waals surface area contributed by atoms with E-state index in [1.807, 2.05) is 6.92 Å². The first-order valence-corrected chi connectivity index (χ1v) is 20.0. The van der Waals surface area contributed by atoms with Crippen LogP contribution in [-0.2, 0) is 4.79 Å². The van der Waals surface area contributed by atoms with Gasteiger partial charge in [-0.25, -0.2) is 0 Å². The van der Waals surface area contributed by atoms with E-state index in [1.54, 1.807) is 5.57 Å². The molecular formula is C42H68O3. The summed E-state index contributed by atoms with van der Waals surface area (Å²) in [5.74, 6) is 9.09. The van der Waals surface area contributed by atoms with E-state index in [0.29, 0.717) is 17.1 Å². The summed E-state index contributed by atoms with van der Waals surface area (Å²) in [7, 11) is 0. The van der Waals surface area contributed by atoms with Gasteiger partial charge < -0.3 is 10.2 Å². The normalized spacial score (nSPS) is 55.0. The lowest BCUT2D eigenvalue weighted by Gasteiger charge is -2.59. The third-order valence-corrected chi connectivity index (χ3v) is 16.9. The Morgan fingerprint density at radius 3 is 1.56 bits per heavy atom. The molecule has 0 heterocycles. The molecule has 0 unspecified atom stereocenters. The van der Waals surface area contributed by atoms with Crippen molar-refractivity contribution in [1.82, 2.24) is 0 Å². The second kappa shape index (κ2) is 12.0. The standard InChI is InChI=1S/C22H36O.C20H32O2/c1-4-16-6-5-7-20-19-9-8-15-14-21(2,23)12-10-17(15)18(19)11-13-22(16,20)3;1-19(22)10-8-14-13(12-19)6-7-16-15(14)9-11-20(2)17(16)4-3-5-18(20)21/h4,15,17-20,23H,5-14H2,1-3H3;13-17,22H,3-12H2,1-2H3/t15-,17+,18-,19-,20+,21-,22-;13-,14+,15-,16-,17+,19-,20+/m11/s1. The summed E-state index contributed by atoms with van der Waals surface area (Å²) in [6.45, 7) is 11.3. The third kappa shape index (κ3) is 5.76. The van der Waals surface area contributed by atoms with Crippen molar-refractivity contribution in [3.8, 4) is 0 Å². The van der Waals surface area contributed by atoms with Crippen LogP contribution in [0.25, 0.3) is 0 Å². The highest BCUT2D eigenvalue weighted by Gasteiger charge is 2.57. The van der Waals surface area contributed by atoms with Gasteiger partial charge in [0.25, 0.3) is 0 Å². The maximum Gasteiger partial charge on any atom is 0.139 e. The van der Waals surface area contributed by atoms with Crippen LogP contribution in [-0.4, -0.2) is 27.2 Å². The van der Waals surface area contributed by atoms with E-state index in [9.17, 15) is 15.0 Å². The van der Waals surface area contributed by atoms with Crippen molar-refractivity contribution in [3.63, 3.8) is 0 Å². The van der Waals surface area contributed by atoms with Crippen molar-refractivity contribution in [1.29, 1.82) is 0 Å². The predicted molar refractivity (Wildman–Crippen MR) is 183 cm³/mol. The zero-order chi connectivity index (χ0) is 31.8. The minimum absolute atomic E-state index is 0.00636. The number of carbonyl (C=O) groups excluding carboxylic acids is 1. The molecule has 0 radical (unpaired) electrons. The van der Waals surface area contributed by atoms with E-state index >= 15 is 0 Å². The van der Waals surface area contributed by atoms with E-state index in [0.717, 1.165) is 98.2 Å². The molecule has 0 aromatic carbocycles. The molecule has 3 nitrogen and oxygen atoms in total. The second-order valence-corrected chi connectivity index (χ2v) is 19.3. The molecule has 8 aliphatic rings. The summed E-state index contributed by atoms with van der Waals surface area (Å²) >= 11 is 0. The van der Waals surface area contributed by atoms with Crippen LogP contribution < -0.4 is 0 Å². The molecule has 8 saturated carbocycles. The zero-order valence-corrected chi connectivity index (χ0v) is 29.8. The van der Waals surface area contributed by atoms with Crippen LogP contribution in [0.5, 0.6) is 0 Å². The Hall–Kier alpha value is -0.670. The molecule has 0 amide bonds. The largest absolute Gasteiger partial charge is 0.390 e. The van der Waals surface area contributed by atoms with Gasteiger partial charge in [-0.05, 0) is 207 Å². The molecule has 8 aliphatic carbocycles. The van der Waals surface area contributed by atoms with Gasteiger partial charge in [0, 0.05) is 11.8 Å². The Balaban J connectivity index is 0.000000145. The molecular weight excluding hydrogens is 552 g/mol. The number of fused-ring (bicyclic) bond motifs is 10. The fourth-order valence-corrected chi connectivity index (χ4v) is 14.7. The van der Waals surface area contributed by atoms with Gasteiger partial charge in [0.2, 0.25) is 0 Å². The molecule has 0 spiro atoms. The van der Waals surface area contributed by atoms with Crippen LogP contribution >= 0.6 is 0 Å². The number of ketones is 1. The first kappa shape index (κ1) is 32.9. The number of carbonyl (C=O) groups is 1. The van der Waals surface area contributed by atoms with Gasteiger partial charge in [0.15, 0.2) is 0 Å². The highest BCUT2D eigenvalue weighted by atomic mass is 16.3. The summed E-state index contributed by atoms with van der Waals surface area (Å²) in [6, 6.07) is 0. The Morgan fingerprint density at radius 1 is 0.556 bits per heavy atom. The van der Waals surface area contributed by atoms with E-state index in [-0.39, 0.29) is 11.0 Å². The van der Waals surface area contributed by atoms with Crippen molar-refractivity contribution in [2.75, 3.05) is 0 Å². The Bertz CT molecular complexity index is 1130. The van der Waals surface area contributed by atoms with Gasteiger partial charge >= 0.3 is 0 Å². The SMILES string of the molecule is CC=C1CCC[C@H]2[C@@H]3CC[C@@H]4C[C@](C)(O)CC[C@@H]4[C@H]3CC[C@]12C.C[C@@]1(O)CC[C@H]2[C@H](CC[C@@H]3[C@@H]2CC[C@]2(C)C(=O)CCC[C@@H]32)C1. The van der Waals surface area contributed by atoms with Crippen molar-refractivity contribution in [2.24, 2.45) is 70.0 Å². The molecule has 3 heteroatoms. The lowest BCUT2D eigenvalue weighted by Crippen LogP contribution is -2.53. The number of hydrogen-bond donors (Lipinski definition) is 2. The van der Waals surface area contributed by atoms with Crippen molar-refractivity contribution < 1.29 is 15.0 Å². The summed E-state index contributed by atoms with van der Waals surface area (Å²) in [5, 5.41) is 20.9. The quantitative estimate of drug-likeness (QED) is 0.265. The van der Waals surface area contributed by atoms with Crippen molar-refractivity contribution in [3.05, 3.63) is 11.6 Å². The van der Waals surface area contributed by atoms with Crippen molar-refractivity contribution in [2.45, 2.75) is 174 Å². The molecule has 0 aromatic rings. The maximum absolute atomic E-state index is 12.6. The first-order chi connectivity index (χ1) is 21.4. The molecule has 0 aliphatic heterocycles. The number of Topliss-reactive ketones (excluding diaryl/α,β-unsaturated/α-hetero) is 1. The highest BCUT2D eigenvalue weighted by molar-refractivity contribution is 5.85. The van der Waals surface area contributed by atoms with Gasteiger partial charge in [-0.1, -0.05) is 25.5 Å². The molecule has 45 heavy (non-hydrogen) atoms. The minimum Gasteiger partial charge on any atom is -0.390 e. The predicted octanol–water partition coefficient (Wildman–Crippen LogP) is 10.1. The first-order valence-electron chi connectivity index (χ1n) is 20.0. The third-order valence-electron chi connectivity index (χ3n) is 16.9. The average Bonchev–Trinajstić information content (AvgIpc) is 3.00. The topological polar surface area (TPSA) is 57.5 Å². The fraction of sp³-hybridized carbons (Fsp3) is 0.929.